The van der Waals surface area contributed by atoms with Gasteiger partial charge in [0.15, 0.2) is 0 Å². The van der Waals surface area contributed by atoms with Gasteiger partial charge >= 0.3 is 0 Å². The maximum Gasteiger partial charge on any atom is 0.254 e. The number of amides is 1. The molecule has 0 radical (unpaired) electrons. The smallest absolute Gasteiger partial charge is 0.254 e. The van der Waals surface area contributed by atoms with Crippen LogP contribution in [0.5, 0.6) is 0 Å². The van der Waals surface area contributed by atoms with Gasteiger partial charge in [-0.05, 0) is 32.6 Å². The lowest BCUT2D eigenvalue weighted by Gasteiger charge is -2.22. The van der Waals surface area contributed by atoms with Crippen LogP contribution in [0, 0.1) is 6.92 Å². The Balaban J connectivity index is 1.71. The first-order valence-electron chi connectivity index (χ1n) is 6.17. The van der Waals surface area contributed by atoms with Crippen molar-refractivity contribution in [3.63, 3.8) is 0 Å². The van der Waals surface area contributed by atoms with Crippen LogP contribution in [-0.2, 0) is 4.74 Å². The van der Waals surface area contributed by atoms with Crippen molar-refractivity contribution in [2.45, 2.75) is 38.7 Å². The Labute approximate surface area is 101 Å². The molecule has 0 aliphatic carbocycles. The fourth-order valence-corrected chi connectivity index (χ4v) is 2.06. The molecule has 0 bridgehead atoms. The van der Waals surface area contributed by atoms with Crippen molar-refractivity contribution in [1.82, 2.24) is 15.5 Å². The second-order valence-corrected chi connectivity index (χ2v) is 4.44. The molecule has 1 aliphatic heterocycles. The van der Waals surface area contributed by atoms with Crippen molar-refractivity contribution in [1.29, 1.82) is 0 Å². The summed E-state index contributed by atoms with van der Waals surface area (Å²) in [5.74, 6) is -0.0629. The first kappa shape index (κ1) is 12.1. The summed E-state index contributed by atoms with van der Waals surface area (Å²) in [6.45, 7) is 3.36. The van der Waals surface area contributed by atoms with E-state index in [1.165, 1.54) is 6.42 Å². The third-order valence-corrected chi connectivity index (χ3v) is 3.10. The van der Waals surface area contributed by atoms with E-state index in [0.717, 1.165) is 31.6 Å². The molecule has 2 heterocycles. The summed E-state index contributed by atoms with van der Waals surface area (Å²) < 4.78 is 5.60. The fourth-order valence-electron chi connectivity index (χ4n) is 2.06. The average Bonchev–Trinajstić information content (AvgIpc) is 2.77. The van der Waals surface area contributed by atoms with Gasteiger partial charge in [0.1, 0.15) is 0 Å². The standard InChI is InChI=1S/C12H19N3O2/c1-9-11(8-14-15-9)12(16)13-6-5-10-4-2-3-7-17-10/h8,10H,2-7H2,1H3,(H,13,16)(H,14,15). The Morgan fingerprint density at radius 2 is 2.53 bits per heavy atom. The van der Waals surface area contributed by atoms with E-state index in [1.807, 2.05) is 6.92 Å². The molecule has 1 aromatic rings. The summed E-state index contributed by atoms with van der Waals surface area (Å²) in [5, 5.41) is 9.48. The van der Waals surface area contributed by atoms with Gasteiger partial charge in [0, 0.05) is 18.8 Å². The Morgan fingerprint density at radius 1 is 1.65 bits per heavy atom. The Hall–Kier alpha value is -1.36. The molecular weight excluding hydrogens is 218 g/mol. The second kappa shape index (κ2) is 5.82. The SMILES string of the molecule is Cc1[nH]ncc1C(=O)NCCC1CCCCO1. The summed E-state index contributed by atoms with van der Waals surface area (Å²) in [5.41, 5.74) is 1.42. The molecule has 1 atom stereocenters. The van der Waals surface area contributed by atoms with Gasteiger partial charge in [-0.2, -0.15) is 5.10 Å². The number of nitrogens with zero attached hydrogens (tertiary/aromatic N) is 1. The van der Waals surface area contributed by atoms with E-state index in [9.17, 15) is 4.79 Å². The lowest BCUT2D eigenvalue weighted by molar-refractivity contribution is 0.0117. The van der Waals surface area contributed by atoms with Gasteiger partial charge in [0.25, 0.3) is 5.91 Å². The number of hydrogen-bond donors (Lipinski definition) is 2. The van der Waals surface area contributed by atoms with Crippen molar-refractivity contribution in [3.8, 4) is 0 Å². The zero-order chi connectivity index (χ0) is 12.1. The topological polar surface area (TPSA) is 67.0 Å². The highest BCUT2D eigenvalue weighted by Gasteiger charge is 2.15. The van der Waals surface area contributed by atoms with Gasteiger partial charge in [-0.15, -0.1) is 0 Å². The minimum Gasteiger partial charge on any atom is -0.378 e. The van der Waals surface area contributed by atoms with Crippen molar-refractivity contribution in [2.24, 2.45) is 0 Å². The minimum absolute atomic E-state index is 0.0629. The molecule has 1 unspecified atom stereocenters. The highest BCUT2D eigenvalue weighted by Crippen LogP contribution is 2.14. The normalized spacial score (nSPS) is 20.2. The van der Waals surface area contributed by atoms with Gasteiger partial charge in [0.05, 0.1) is 17.9 Å². The lowest BCUT2D eigenvalue weighted by Crippen LogP contribution is -2.29. The Bertz CT molecular complexity index is 370. The van der Waals surface area contributed by atoms with Crippen LogP contribution in [0.2, 0.25) is 0 Å². The number of aromatic nitrogens is 2. The van der Waals surface area contributed by atoms with Gasteiger partial charge in [-0.3, -0.25) is 9.89 Å². The lowest BCUT2D eigenvalue weighted by atomic mass is 10.1. The van der Waals surface area contributed by atoms with Gasteiger partial charge in [-0.25, -0.2) is 0 Å². The molecule has 1 aliphatic rings. The molecule has 5 heteroatoms. The maximum absolute atomic E-state index is 11.8. The zero-order valence-electron chi connectivity index (χ0n) is 10.2. The van der Waals surface area contributed by atoms with Crippen molar-refractivity contribution >= 4 is 5.91 Å². The van der Waals surface area contributed by atoms with Crippen molar-refractivity contribution < 1.29 is 9.53 Å². The van der Waals surface area contributed by atoms with Crippen LogP contribution in [0.1, 0.15) is 41.7 Å². The quantitative estimate of drug-likeness (QED) is 0.832. The van der Waals surface area contributed by atoms with E-state index in [4.69, 9.17) is 4.74 Å². The molecule has 0 saturated carbocycles. The van der Waals surface area contributed by atoms with Crippen LogP contribution in [-0.4, -0.2) is 35.4 Å². The summed E-state index contributed by atoms with van der Waals surface area (Å²) in [4.78, 5) is 11.8. The number of aryl methyl sites for hydroxylation is 1. The number of rotatable bonds is 4. The summed E-state index contributed by atoms with van der Waals surface area (Å²) >= 11 is 0. The molecule has 0 aromatic carbocycles. The minimum atomic E-state index is -0.0629. The number of H-pyrrole nitrogens is 1. The molecule has 0 spiro atoms. The van der Waals surface area contributed by atoms with Crippen molar-refractivity contribution in [3.05, 3.63) is 17.5 Å². The number of carbonyl (C=O) groups is 1. The summed E-state index contributed by atoms with van der Waals surface area (Å²) in [6, 6.07) is 0. The largest absolute Gasteiger partial charge is 0.378 e. The van der Waals surface area contributed by atoms with Crippen LogP contribution in [0.25, 0.3) is 0 Å². The monoisotopic (exact) mass is 237 g/mol. The molecule has 1 fully saturated rings. The van der Waals surface area contributed by atoms with Gasteiger partial charge in [0.2, 0.25) is 0 Å². The maximum atomic E-state index is 11.8. The van der Waals surface area contributed by atoms with E-state index in [-0.39, 0.29) is 5.91 Å². The second-order valence-electron chi connectivity index (χ2n) is 4.44. The molecule has 2 rings (SSSR count). The highest BCUT2D eigenvalue weighted by molar-refractivity contribution is 5.94. The van der Waals surface area contributed by atoms with E-state index in [2.05, 4.69) is 15.5 Å². The van der Waals surface area contributed by atoms with Gasteiger partial charge < -0.3 is 10.1 Å². The van der Waals surface area contributed by atoms with E-state index in [1.54, 1.807) is 6.20 Å². The predicted molar refractivity (Wildman–Crippen MR) is 63.9 cm³/mol. The molecule has 5 nitrogen and oxygen atoms in total. The van der Waals surface area contributed by atoms with Gasteiger partial charge in [-0.1, -0.05) is 0 Å². The first-order valence-corrected chi connectivity index (χ1v) is 6.17. The first-order chi connectivity index (χ1) is 8.27. The third kappa shape index (κ3) is 3.30. The predicted octanol–water partition coefficient (Wildman–Crippen LogP) is 1.41. The van der Waals surface area contributed by atoms with Crippen LogP contribution in [0.15, 0.2) is 6.20 Å². The Morgan fingerprint density at radius 3 is 3.18 bits per heavy atom. The number of hydrogen-bond acceptors (Lipinski definition) is 3. The number of carbonyl (C=O) groups excluding carboxylic acids is 1. The number of nitrogens with one attached hydrogen (secondary N) is 2. The number of ether oxygens (including phenoxy) is 1. The zero-order valence-corrected chi connectivity index (χ0v) is 10.2. The van der Waals surface area contributed by atoms with Crippen LogP contribution >= 0.6 is 0 Å². The molecular formula is C12H19N3O2. The van der Waals surface area contributed by atoms with Crippen molar-refractivity contribution in [2.75, 3.05) is 13.2 Å². The molecule has 1 saturated heterocycles. The molecule has 2 N–H and O–H groups in total. The highest BCUT2D eigenvalue weighted by atomic mass is 16.5. The molecule has 94 valence electrons. The molecule has 17 heavy (non-hydrogen) atoms. The van der Waals surface area contributed by atoms with E-state index in [0.29, 0.717) is 18.2 Å². The summed E-state index contributed by atoms with van der Waals surface area (Å²) in [7, 11) is 0. The van der Waals surface area contributed by atoms with E-state index >= 15 is 0 Å². The molecule has 1 amide bonds. The van der Waals surface area contributed by atoms with E-state index < -0.39 is 0 Å². The van der Waals surface area contributed by atoms with Crippen LogP contribution in [0.3, 0.4) is 0 Å². The average molecular weight is 237 g/mol. The third-order valence-electron chi connectivity index (χ3n) is 3.10. The molecule has 1 aromatic heterocycles. The fraction of sp³-hybridized carbons (Fsp3) is 0.667. The van der Waals surface area contributed by atoms with Crippen LogP contribution in [0.4, 0.5) is 0 Å². The van der Waals surface area contributed by atoms with Crippen LogP contribution < -0.4 is 5.32 Å². The Kier molecular flexibility index (Phi) is 4.14. The number of aromatic amines is 1. The summed E-state index contributed by atoms with van der Waals surface area (Å²) in [6.07, 6.45) is 6.27.